The summed E-state index contributed by atoms with van der Waals surface area (Å²) in [4.78, 5) is 9.58. The minimum atomic E-state index is 0.868. The molecular formula is C132H76N8O4. The van der Waals surface area contributed by atoms with E-state index in [4.69, 9.17) is 17.7 Å². The molecule has 0 amide bonds. The number of para-hydroxylation sites is 13. The highest BCUT2D eigenvalue weighted by Gasteiger charge is 2.33. The lowest BCUT2D eigenvalue weighted by molar-refractivity contribution is 0.668. The quantitative estimate of drug-likeness (QED) is 0.120. The number of benzene rings is 22. The Hall–Kier alpha value is -19.6. The van der Waals surface area contributed by atoms with Crippen molar-refractivity contribution < 1.29 is 17.7 Å². The van der Waals surface area contributed by atoms with Crippen molar-refractivity contribution in [3.8, 4) is 0 Å². The van der Waals surface area contributed by atoms with E-state index in [1.165, 1.54) is 152 Å². The summed E-state index contributed by atoms with van der Waals surface area (Å²) in [5.41, 5.74) is 34.4. The largest absolute Gasteiger partial charge is 0.456 e. The van der Waals surface area contributed by atoms with Gasteiger partial charge in [0, 0.05) is 181 Å². The second-order valence-corrected chi connectivity index (χ2v) is 38.4. The van der Waals surface area contributed by atoms with E-state index in [0.717, 1.165) is 156 Å². The lowest BCUT2D eigenvalue weighted by Gasteiger charge is -2.26. The highest BCUT2D eigenvalue weighted by Crippen LogP contribution is 2.56. The van der Waals surface area contributed by atoms with Gasteiger partial charge in [0.2, 0.25) is 0 Å². The Kier molecular flexibility index (Phi) is 15.6. The van der Waals surface area contributed by atoms with Gasteiger partial charge in [-0.2, -0.15) is 0 Å². The van der Waals surface area contributed by atoms with Crippen LogP contribution in [0.5, 0.6) is 0 Å². The lowest BCUT2D eigenvalue weighted by Crippen LogP contribution is -2.10. The van der Waals surface area contributed by atoms with Gasteiger partial charge in [0.25, 0.3) is 0 Å². The molecule has 12 heterocycles. The average molecular weight is 1840 g/mol. The normalized spacial score (nSPS) is 12.4. The summed E-state index contributed by atoms with van der Waals surface area (Å²) in [6.45, 7) is 0. The molecule has 12 heteroatoms. The average Bonchev–Trinajstić information content (AvgIpc) is 1.51. The van der Waals surface area contributed by atoms with Crippen molar-refractivity contribution >= 4 is 308 Å². The molecule has 0 aliphatic rings. The molecule has 12 nitrogen and oxygen atoms in total. The molecular weight excluding hydrogens is 1760 g/mol. The Morgan fingerprint density at radius 3 is 0.757 bits per heavy atom. The van der Waals surface area contributed by atoms with Crippen LogP contribution in [-0.2, 0) is 0 Å². The Balaban J connectivity index is 0.000000127. The summed E-state index contributed by atoms with van der Waals surface area (Å²) in [5, 5.41) is 28.5. The summed E-state index contributed by atoms with van der Waals surface area (Å²) in [6, 6.07) is 167. The van der Waals surface area contributed by atoms with Gasteiger partial charge in [0.05, 0.1) is 94.6 Å². The van der Waals surface area contributed by atoms with Crippen molar-refractivity contribution in [2.24, 2.45) is 0 Å². The third-order valence-electron chi connectivity index (χ3n) is 31.0. The summed E-state index contributed by atoms with van der Waals surface area (Å²) >= 11 is 0. The standard InChI is InChI=1S/2C66H38N4O2/c1-3-16-39(17-4-1)67(41-34-35-61-51(36-41)43-21-8-9-32-59(43)71-61)52-27-14-29-54-62(52)47-25-11-22-44-49-38-58-50(37-57(49)69(54)64(44)47)45-23-12-26-48-63-53(28-15-30-55(63)70(58)65(45)48)68(40-18-5-2-6-19-40)56-31-13-24-46-42-20-7-10-33-60(42)72-66(46)56;1-3-15-39(16-4-1)67(41-31-33-45-43-19-7-9-29-59(43)71-61(45)35-41)53-25-13-27-55-63(53)49-23-11-21-47-51-38-58-52(37-57(51)69(55)65(47)49)48-22-12-24-50-64-54(26-14-28-56(64)70(58)66(48)50)68(40-17-5-2-6-18-40)42-32-34-46-44-20-8-10-30-60(44)72-62(46)36-42/h2*1-38H. The van der Waals surface area contributed by atoms with Crippen LogP contribution in [0.3, 0.4) is 0 Å². The van der Waals surface area contributed by atoms with Crippen LogP contribution >= 0.6 is 0 Å². The number of fused-ring (bicyclic) bond motifs is 36. The van der Waals surface area contributed by atoms with Gasteiger partial charge in [-0.15, -0.1) is 0 Å². The van der Waals surface area contributed by atoms with Crippen LogP contribution in [0.1, 0.15) is 0 Å². The van der Waals surface area contributed by atoms with Crippen LogP contribution in [0, 0.1) is 0 Å². The maximum Gasteiger partial charge on any atom is 0.159 e. The number of hydrogen-bond donors (Lipinski definition) is 0. The molecule has 34 rings (SSSR count). The van der Waals surface area contributed by atoms with E-state index in [1.807, 2.05) is 42.5 Å². The Morgan fingerprint density at radius 1 is 0.132 bits per heavy atom. The molecule has 0 saturated carbocycles. The first-order valence-corrected chi connectivity index (χ1v) is 49.2. The molecule has 144 heavy (non-hydrogen) atoms. The van der Waals surface area contributed by atoms with Crippen molar-refractivity contribution in [3.63, 3.8) is 0 Å². The van der Waals surface area contributed by atoms with Crippen LogP contribution in [0.25, 0.3) is 240 Å². The zero-order valence-electron chi connectivity index (χ0n) is 77.1. The second kappa shape index (κ2) is 29.0. The van der Waals surface area contributed by atoms with Gasteiger partial charge in [-0.1, -0.05) is 255 Å². The second-order valence-electron chi connectivity index (χ2n) is 38.4. The Morgan fingerprint density at radius 2 is 0.382 bits per heavy atom. The van der Waals surface area contributed by atoms with E-state index >= 15 is 0 Å². The number of hydrogen-bond acceptors (Lipinski definition) is 8. The summed E-state index contributed by atoms with van der Waals surface area (Å²) in [7, 11) is 0. The third-order valence-corrected chi connectivity index (χ3v) is 31.0. The minimum absolute atomic E-state index is 0.868. The molecule has 0 spiro atoms. The number of anilines is 12. The van der Waals surface area contributed by atoms with Gasteiger partial charge in [-0.25, -0.2) is 0 Å². The molecule has 0 fully saturated rings. The van der Waals surface area contributed by atoms with E-state index in [1.54, 1.807) is 0 Å². The van der Waals surface area contributed by atoms with Gasteiger partial charge >= 0.3 is 0 Å². The molecule has 668 valence electrons. The minimum Gasteiger partial charge on any atom is -0.456 e. The van der Waals surface area contributed by atoms with Crippen molar-refractivity contribution in [3.05, 3.63) is 461 Å². The molecule has 0 N–H and O–H groups in total. The zero-order chi connectivity index (χ0) is 93.5. The molecule has 22 aromatic carbocycles. The van der Waals surface area contributed by atoms with Crippen molar-refractivity contribution in [1.82, 2.24) is 17.6 Å². The van der Waals surface area contributed by atoms with Crippen molar-refractivity contribution in [2.75, 3.05) is 19.6 Å². The van der Waals surface area contributed by atoms with Gasteiger partial charge < -0.3 is 54.9 Å². The first-order chi connectivity index (χ1) is 71.5. The van der Waals surface area contributed by atoms with E-state index in [-0.39, 0.29) is 0 Å². The van der Waals surface area contributed by atoms with Gasteiger partial charge in [-0.05, 0) is 194 Å². The summed E-state index contributed by atoms with van der Waals surface area (Å²) in [5.74, 6) is 0. The maximum atomic E-state index is 6.73. The molecule has 0 saturated heterocycles. The lowest BCUT2D eigenvalue weighted by atomic mass is 10.0. The van der Waals surface area contributed by atoms with Gasteiger partial charge in [0.15, 0.2) is 5.58 Å². The Labute approximate surface area is 818 Å². The van der Waals surface area contributed by atoms with Gasteiger partial charge in [-0.3, -0.25) is 0 Å². The molecule has 0 aliphatic heterocycles. The van der Waals surface area contributed by atoms with Crippen LogP contribution < -0.4 is 19.6 Å². The fraction of sp³-hybridized carbons (Fsp3) is 0. The van der Waals surface area contributed by atoms with Crippen molar-refractivity contribution in [2.45, 2.75) is 0 Å². The summed E-state index contributed by atoms with van der Waals surface area (Å²) < 4.78 is 36.1. The highest BCUT2D eigenvalue weighted by molar-refractivity contribution is 6.35. The predicted molar refractivity (Wildman–Crippen MR) is 599 cm³/mol. The molecule has 0 radical (unpaired) electrons. The van der Waals surface area contributed by atoms with Crippen molar-refractivity contribution in [1.29, 1.82) is 0 Å². The third kappa shape index (κ3) is 10.6. The SMILES string of the molecule is c1ccc(N(c2ccc3c(c2)oc2ccccc23)c2cccc3c2c2cccc4c5cc6c(cc5n3c42)c2cccc3c4c(N(c5ccccc5)c5ccc7c(c5)oc5ccccc57)cccc4n6c23)cc1.c1ccc(N(c2ccc3oc4ccccc4c3c2)c2cccc3c2c2cccc4c5cc6c(cc5n3c42)c2cccc3c4c(N(c5ccccc5)c5cccc7c5oc5ccccc57)cccc4n6c23)cc1. The number of nitrogens with zero attached hydrogens (tertiary/aromatic N) is 8. The predicted octanol–water partition coefficient (Wildman–Crippen LogP) is 37.5. The molecule has 0 unspecified atom stereocenters. The van der Waals surface area contributed by atoms with Crippen LogP contribution in [0.2, 0.25) is 0 Å². The fourth-order valence-corrected chi connectivity index (χ4v) is 25.2. The van der Waals surface area contributed by atoms with Crippen LogP contribution in [-0.4, -0.2) is 17.6 Å². The summed E-state index contributed by atoms with van der Waals surface area (Å²) in [6.07, 6.45) is 0. The Bertz CT molecular complexity index is 11100. The molecule has 0 atom stereocenters. The smallest absolute Gasteiger partial charge is 0.159 e. The zero-order valence-corrected chi connectivity index (χ0v) is 77.1. The van der Waals surface area contributed by atoms with Crippen LogP contribution in [0.15, 0.2) is 479 Å². The van der Waals surface area contributed by atoms with Gasteiger partial charge in [0.1, 0.15) is 39.1 Å². The number of furan rings is 4. The maximum absolute atomic E-state index is 6.73. The van der Waals surface area contributed by atoms with E-state index < -0.39 is 0 Å². The van der Waals surface area contributed by atoms with E-state index in [0.29, 0.717) is 0 Å². The monoisotopic (exact) mass is 1840 g/mol. The topological polar surface area (TPSA) is 83.2 Å². The fourth-order valence-electron chi connectivity index (χ4n) is 25.2. The van der Waals surface area contributed by atoms with E-state index in [9.17, 15) is 0 Å². The number of rotatable bonds is 12. The van der Waals surface area contributed by atoms with Crippen LogP contribution in [0.4, 0.5) is 68.2 Å². The first-order valence-electron chi connectivity index (χ1n) is 49.2. The number of aromatic nitrogens is 4. The molecule has 0 bridgehead atoms. The first kappa shape index (κ1) is 77.5. The highest BCUT2D eigenvalue weighted by atomic mass is 16.3. The molecule has 0 aliphatic carbocycles. The molecule has 12 aromatic heterocycles. The van der Waals surface area contributed by atoms with E-state index in [2.05, 4.69) is 456 Å². The molecule has 34 aromatic rings.